The lowest BCUT2D eigenvalue weighted by Crippen LogP contribution is -2.12. The van der Waals surface area contributed by atoms with Gasteiger partial charge in [-0.05, 0) is 24.6 Å². The summed E-state index contributed by atoms with van der Waals surface area (Å²) < 4.78 is 0. The van der Waals surface area contributed by atoms with Crippen LogP contribution in [-0.2, 0) is 0 Å². The summed E-state index contributed by atoms with van der Waals surface area (Å²) >= 11 is 0. The second-order valence-electron chi connectivity index (χ2n) is 5.14. The zero-order chi connectivity index (χ0) is 14.7. The van der Waals surface area contributed by atoms with Crippen LogP contribution in [0.5, 0.6) is 0 Å². The van der Waals surface area contributed by atoms with Crippen LogP contribution < -0.4 is 5.32 Å². The van der Waals surface area contributed by atoms with Crippen molar-refractivity contribution in [1.29, 1.82) is 0 Å². The third-order valence-electron chi connectivity index (χ3n) is 3.51. The fraction of sp³-hybridized carbons (Fsp3) is 0.167. The molecule has 3 nitrogen and oxygen atoms in total. The Bertz CT molecular complexity index is 741. The van der Waals surface area contributed by atoms with E-state index in [2.05, 4.69) is 10.3 Å². The molecule has 0 radical (unpaired) electrons. The topological polar surface area (TPSA) is 45.1 Å². The highest BCUT2D eigenvalue weighted by Gasteiger charge is 2.08. The smallest absolute Gasteiger partial charge is 0.0962 e. The van der Waals surface area contributed by atoms with Crippen molar-refractivity contribution in [3.63, 3.8) is 0 Å². The fourth-order valence-electron chi connectivity index (χ4n) is 2.45. The number of rotatable bonds is 4. The van der Waals surface area contributed by atoms with E-state index in [0.29, 0.717) is 6.54 Å². The zero-order valence-corrected chi connectivity index (χ0v) is 12.0. The summed E-state index contributed by atoms with van der Waals surface area (Å²) in [4.78, 5) is 4.52. The van der Waals surface area contributed by atoms with E-state index in [1.54, 1.807) is 0 Å². The molecule has 106 valence electrons. The minimum absolute atomic E-state index is 0.470. The number of para-hydroxylation sites is 1. The number of nitrogens with zero attached hydrogens (tertiary/aromatic N) is 1. The average molecular weight is 278 g/mol. The molecule has 0 aliphatic heterocycles. The minimum atomic E-state index is -0.529. The van der Waals surface area contributed by atoms with E-state index in [1.807, 2.05) is 67.6 Å². The number of hydrogen-bond donors (Lipinski definition) is 2. The number of aliphatic hydroxyl groups is 1. The lowest BCUT2D eigenvalue weighted by atomic mass is 10.1. The predicted octanol–water partition coefficient (Wildman–Crippen LogP) is 3.69. The SMILES string of the molecule is Cc1cc(NCC(O)c2ccccc2)c2ccccc2n1. The number of aromatic nitrogens is 1. The third kappa shape index (κ3) is 3.03. The van der Waals surface area contributed by atoms with Gasteiger partial charge in [-0.25, -0.2) is 0 Å². The first-order valence-electron chi connectivity index (χ1n) is 7.07. The Labute approximate surface area is 124 Å². The molecule has 3 aromatic rings. The van der Waals surface area contributed by atoms with Crippen LogP contribution in [0.3, 0.4) is 0 Å². The summed E-state index contributed by atoms with van der Waals surface area (Å²) in [5, 5.41) is 14.7. The predicted molar refractivity (Wildman–Crippen MR) is 86.4 cm³/mol. The molecule has 3 rings (SSSR count). The number of aryl methyl sites for hydroxylation is 1. The van der Waals surface area contributed by atoms with Gasteiger partial charge in [-0.3, -0.25) is 4.98 Å². The van der Waals surface area contributed by atoms with Crippen LogP contribution in [0, 0.1) is 6.92 Å². The largest absolute Gasteiger partial charge is 0.387 e. The van der Waals surface area contributed by atoms with Crippen LogP contribution in [-0.4, -0.2) is 16.6 Å². The Morgan fingerprint density at radius 2 is 1.76 bits per heavy atom. The van der Waals surface area contributed by atoms with Crippen LogP contribution in [0.2, 0.25) is 0 Å². The van der Waals surface area contributed by atoms with Gasteiger partial charge in [0.1, 0.15) is 0 Å². The molecule has 0 aliphatic rings. The summed E-state index contributed by atoms with van der Waals surface area (Å²) in [6, 6.07) is 19.7. The van der Waals surface area contributed by atoms with Gasteiger partial charge < -0.3 is 10.4 Å². The van der Waals surface area contributed by atoms with Crippen LogP contribution in [0.25, 0.3) is 10.9 Å². The Morgan fingerprint density at radius 1 is 1.05 bits per heavy atom. The van der Waals surface area contributed by atoms with E-state index < -0.39 is 6.10 Å². The number of hydrogen-bond acceptors (Lipinski definition) is 3. The molecule has 0 bridgehead atoms. The Balaban J connectivity index is 1.82. The molecule has 1 atom stereocenters. The van der Waals surface area contributed by atoms with Crippen molar-refractivity contribution >= 4 is 16.6 Å². The van der Waals surface area contributed by atoms with Crippen LogP contribution in [0.4, 0.5) is 5.69 Å². The van der Waals surface area contributed by atoms with Crippen LogP contribution in [0.15, 0.2) is 60.7 Å². The van der Waals surface area contributed by atoms with Gasteiger partial charge in [-0.15, -0.1) is 0 Å². The van der Waals surface area contributed by atoms with Crippen molar-refractivity contribution in [2.24, 2.45) is 0 Å². The van der Waals surface area contributed by atoms with Gasteiger partial charge in [0.2, 0.25) is 0 Å². The molecule has 2 N–H and O–H groups in total. The van der Waals surface area contributed by atoms with Crippen molar-refractivity contribution < 1.29 is 5.11 Å². The first-order chi connectivity index (χ1) is 10.2. The van der Waals surface area contributed by atoms with Gasteiger partial charge in [0.05, 0.1) is 11.6 Å². The maximum absolute atomic E-state index is 10.2. The molecule has 0 fully saturated rings. The Hall–Kier alpha value is -2.39. The Morgan fingerprint density at radius 3 is 2.57 bits per heavy atom. The number of benzene rings is 2. The van der Waals surface area contributed by atoms with Gasteiger partial charge in [0.15, 0.2) is 0 Å². The second-order valence-corrected chi connectivity index (χ2v) is 5.14. The van der Waals surface area contributed by atoms with Crippen LogP contribution >= 0.6 is 0 Å². The van der Waals surface area contributed by atoms with Gasteiger partial charge >= 0.3 is 0 Å². The molecular formula is C18H18N2O. The van der Waals surface area contributed by atoms with E-state index in [1.165, 1.54) is 0 Å². The highest BCUT2D eigenvalue weighted by Crippen LogP contribution is 2.23. The molecule has 0 saturated heterocycles. The number of fused-ring (bicyclic) bond motifs is 1. The van der Waals surface area contributed by atoms with E-state index in [0.717, 1.165) is 27.8 Å². The minimum Gasteiger partial charge on any atom is -0.387 e. The quantitative estimate of drug-likeness (QED) is 0.765. The molecule has 1 heterocycles. The van der Waals surface area contributed by atoms with Gasteiger partial charge in [0.25, 0.3) is 0 Å². The maximum atomic E-state index is 10.2. The summed E-state index contributed by atoms with van der Waals surface area (Å²) in [5.74, 6) is 0. The fourth-order valence-corrected chi connectivity index (χ4v) is 2.45. The molecule has 0 saturated carbocycles. The van der Waals surface area contributed by atoms with E-state index in [4.69, 9.17) is 0 Å². The number of nitrogens with one attached hydrogen (secondary N) is 1. The van der Waals surface area contributed by atoms with Crippen molar-refractivity contribution in [3.8, 4) is 0 Å². The molecule has 0 aliphatic carbocycles. The van der Waals surface area contributed by atoms with Crippen LogP contribution in [0.1, 0.15) is 17.4 Å². The summed E-state index contributed by atoms with van der Waals surface area (Å²) in [7, 11) is 0. The van der Waals surface area contributed by atoms with Crippen molar-refractivity contribution in [3.05, 3.63) is 71.9 Å². The molecule has 3 heteroatoms. The second kappa shape index (κ2) is 5.94. The van der Waals surface area contributed by atoms with Crippen molar-refractivity contribution in [2.45, 2.75) is 13.0 Å². The molecule has 0 amide bonds. The first kappa shape index (κ1) is 13.6. The average Bonchev–Trinajstić information content (AvgIpc) is 2.53. The lowest BCUT2D eigenvalue weighted by molar-refractivity contribution is 0.191. The normalized spacial score (nSPS) is 12.3. The van der Waals surface area contributed by atoms with Crippen molar-refractivity contribution in [1.82, 2.24) is 4.98 Å². The maximum Gasteiger partial charge on any atom is 0.0962 e. The van der Waals surface area contributed by atoms with Crippen molar-refractivity contribution in [2.75, 3.05) is 11.9 Å². The van der Waals surface area contributed by atoms with E-state index in [-0.39, 0.29) is 0 Å². The summed E-state index contributed by atoms with van der Waals surface area (Å²) in [5.41, 5.74) is 3.85. The monoisotopic (exact) mass is 278 g/mol. The molecule has 2 aromatic carbocycles. The van der Waals surface area contributed by atoms with Gasteiger partial charge in [-0.2, -0.15) is 0 Å². The lowest BCUT2D eigenvalue weighted by Gasteiger charge is -2.15. The number of pyridine rings is 1. The molecule has 21 heavy (non-hydrogen) atoms. The molecular weight excluding hydrogens is 260 g/mol. The van der Waals surface area contributed by atoms with E-state index in [9.17, 15) is 5.11 Å². The molecule has 0 spiro atoms. The number of aliphatic hydroxyl groups excluding tert-OH is 1. The van der Waals surface area contributed by atoms with E-state index >= 15 is 0 Å². The summed E-state index contributed by atoms with van der Waals surface area (Å²) in [6.45, 7) is 2.45. The summed E-state index contributed by atoms with van der Waals surface area (Å²) in [6.07, 6.45) is -0.529. The van der Waals surface area contributed by atoms with Gasteiger partial charge in [0, 0.05) is 23.3 Å². The molecule has 1 aromatic heterocycles. The van der Waals surface area contributed by atoms with Gasteiger partial charge in [-0.1, -0.05) is 48.5 Å². The zero-order valence-electron chi connectivity index (χ0n) is 12.0. The first-order valence-corrected chi connectivity index (χ1v) is 7.07. The molecule has 1 unspecified atom stereocenters. The standard InChI is InChI=1S/C18H18N2O/c1-13-11-17(15-9-5-6-10-16(15)20-13)19-12-18(21)14-7-3-2-4-8-14/h2-11,18,21H,12H2,1H3,(H,19,20). The number of anilines is 1. The third-order valence-corrected chi connectivity index (χ3v) is 3.51. The Kier molecular flexibility index (Phi) is 3.84. The highest BCUT2D eigenvalue weighted by molar-refractivity contribution is 5.91. The highest BCUT2D eigenvalue weighted by atomic mass is 16.3.